The summed E-state index contributed by atoms with van der Waals surface area (Å²) < 4.78 is 0. The number of aromatic nitrogens is 5. The molecule has 156 valence electrons. The van der Waals surface area contributed by atoms with Crippen LogP contribution >= 0.6 is 0 Å². The third-order valence-electron chi connectivity index (χ3n) is 5.61. The predicted molar refractivity (Wildman–Crippen MR) is 114 cm³/mol. The maximum Gasteiger partial charge on any atom is 0.292 e. The van der Waals surface area contributed by atoms with Gasteiger partial charge >= 0.3 is 0 Å². The lowest BCUT2D eigenvalue weighted by molar-refractivity contribution is 0.0720. The van der Waals surface area contributed by atoms with E-state index in [1.54, 1.807) is 0 Å². The Hall–Kier alpha value is -3.29. The van der Waals surface area contributed by atoms with Crippen LogP contribution in [0.4, 0.5) is 5.82 Å². The van der Waals surface area contributed by atoms with Crippen LogP contribution in [0.5, 0.6) is 0 Å². The van der Waals surface area contributed by atoms with E-state index in [9.17, 15) is 4.79 Å². The van der Waals surface area contributed by atoms with Crippen LogP contribution in [0.1, 0.15) is 57.7 Å². The van der Waals surface area contributed by atoms with Gasteiger partial charge in [0.1, 0.15) is 5.82 Å². The van der Waals surface area contributed by atoms with Crippen molar-refractivity contribution >= 4 is 11.7 Å². The fraction of sp³-hybridized carbons (Fsp3) is 0.409. The zero-order chi connectivity index (χ0) is 21.1. The highest BCUT2D eigenvalue weighted by atomic mass is 16.2. The molecule has 1 saturated heterocycles. The number of H-pyrrole nitrogens is 1. The summed E-state index contributed by atoms with van der Waals surface area (Å²) in [7, 11) is 0. The molecule has 0 bridgehead atoms. The number of amides is 1. The highest BCUT2D eigenvalue weighted by Crippen LogP contribution is 2.32. The van der Waals surface area contributed by atoms with Crippen molar-refractivity contribution in [1.82, 2.24) is 30.0 Å². The highest BCUT2D eigenvalue weighted by molar-refractivity contribution is 5.91. The molecule has 3 aromatic rings. The van der Waals surface area contributed by atoms with Crippen LogP contribution in [-0.2, 0) is 6.42 Å². The van der Waals surface area contributed by atoms with E-state index in [0.717, 1.165) is 47.5 Å². The number of nitrogens with zero attached hydrogens (tertiary/aromatic N) is 5. The summed E-state index contributed by atoms with van der Waals surface area (Å²) in [6, 6.07) is 5.93. The van der Waals surface area contributed by atoms with Crippen LogP contribution in [0.15, 0.2) is 30.6 Å². The minimum Gasteiger partial charge on any atom is -0.369 e. The van der Waals surface area contributed by atoms with Gasteiger partial charge in [0.05, 0.1) is 17.9 Å². The molecule has 1 unspecified atom stereocenters. The number of aromatic amines is 1. The summed E-state index contributed by atoms with van der Waals surface area (Å²) in [4.78, 5) is 28.9. The molecular weight excluding hydrogens is 378 g/mol. The van der Waals surface area contributed by atoms with E-state index < -0.39 is 0 Å². The Morgan fingerprint density at radius 3 is 2.87 bits per heavy atom. The third-order valence-corrected chi connectivity index (χ3v) is 5.61. The van der Waals surface area contributed by atoms with Crippen LogP contribution in [0.25, 0.3) is 0 Å². The van der Waals surface area contributed by atoms with Gasteiger partial charge in [-0.1, -0.05) is 6.07 Å². The van der Waals surface area contributed by atoms with Crippen molar-refractivity contribution in [1.29, 1.82) is 0 Å². The number of nitrogens with one attached hydrogen (secondary N) is 2. The Labute approximate surface area is 176 Å². The fourth-order valence-corrected chi connectivity index (χ4v) is 3.83. The SMILES string of the molecule is Cc1cccc(C2CCCN2C(=O)c2nc(C)c(C)c(NCCc3cn[nH]c3)n2)n1. The molecule has 1 aliphatic rings. The highest BCUT2D eigenvalue weighted by Gasteiger charge is 2.33. The van der Waals surface area contributed by atoms with Crippen LogP contribution in [0.2, 0.25) is 0 Å². The van der Waals surface area contributed by atoms with E-state index in [0.29, 0.717) is 18.9 Å². The number of aryl methyl sites for hydroxylation is 2. The van der Waals surface area contributed by atoms with Gasteiger partial charge in [0, 0.05) is 36.2 Å². The molecule has 0 aromatic carbocycles. The minimum absolute atomic E-state index is 0.0277. The van der Waals surface area contributed by atoms with Crippen molar-refractivity contribution in [3.8, 4) is 0 Å². The molecule has 2 N–H and O–H groups in total. The van der Waals surface area contributed by atoms with Gasteiger partial charge in [-0.05, 0) is 57.7 Å². The van der Waals surface area contributed by atoms with Gasteiger partial charge in [-0.25, -0.2) is 9.97 Å². The van der Waals surface area contributed by atoms with Crippen molar-refractivity contribution < 1.29 is 4.79 Å². The maximum atomic E-state index is 13.3. The van der Waals surface area contributed by atoms with Crippen molar-refractivity contribution in [3.63, 3.8) is 0 Å². The molecule has 3 aromatic heterocycles. The summed E-state index contributed by atoms with van der Waals surface area (Å²) >= 11 is 0. The van der Waals surface area contributed by atoms with Crippen LogP contribution in [-0.4, -0.2) is 49.0 Å². The molecule has 0 aliphatic carbocycles. The fourth-order valence-electron chi connectivity index (χ4n) is 3.83. The average Bonchev–Trinajstić information content (AvgIpc) is 3.42. The molecule has 1 atom stereocenters. The first-order valence-corrected chi connectivity index (χ1v) is 10.3. The van der Waals surface area contributed by atoms with Crippen molar-refractivity contribution in [3.05, 3.63) is 64.6 Å². The molecule has 1 fully saturated rings. The third kappa shape index (κ3) is 4.17. The van der Waals surface area contributed by atoms with Crippen molar-refractivity contribution in [2.24, 2.45) is 0 Å². The second kappa shape index (κ2) is 8.61. The molecular formula is C22H27N7O. The monoisotopic (exact) mass is 405 g/mol. The largest absolute Gasteiger partial charge is 0.369 e. The Morgan fingerprint density at radius 1 is 1.23 bits per heavy atom. The molecule has 0 radical (unpaired) electrons. The maximum absolute atomic E-state index is 13.3. The lowest BCUT2D eigenvalue weighted by Crippen LogP contribution is -2.33. The van der Waals surface area contributed by atoms with Crippen LogP contribution < -0.4 is 5.32 Å². The lowest BCUT2D eigenvalue weighted by Gasteiger charge is -2.24. The molecule has 4 rings (SSSR count). The Morgan fingerprint density at radius 2 is 2.10 bits per heavy atom. The Kier molecular flexibility index (Phi) is 5.74. The first-order valence-electron chi connectivity index (χ1n) is 10.3. The van der Waals surface area contributed by atoms with Gasteiger partial charge in [-0.15, -0.1) is 0 Å². The van der Waals surface area contributed by atoms with Crippen LogP contribution in [0, 0.1) is 20.8 Å². The number of anilines is 1. The molecule has 4 heterocycles. The lowest BCUT2D eigenvalue weighted by atomic mass is 10.1. The quantitative estimate of drug-likeness (QED) is 0.653. The molecule has 8 heteroatoms. The van der Waals surface area contributed by atoms with E-state index >= 15 is 0 Å². The topological polar surface area (TPSA) is 99.7 Å². The summed E-state index contributed by atoms with van der Waals surface area (Å²) in [6.45, 7) is 7.25. The number of carbonyl (C=O) groups excluding carboxylic acids is 1. The van der Waals surface area contributed by atoms with Gasteiger partial charge in [0.2, 0.25) is 5.82 Å². The number of hydrogen-bond acceptors (Lipinski definition) is 6. The summed E-state index contributed by atoms with van der Waals surface area (Å²) in [5, 5.41) is 10.1. The van der Waals surface area contributed by atoms with Gasteiger partial charge in [0.15, 0.2) is 0 Å². The Balaban J connectivity index is 1.53. The second-order valence-corrected chi connectivity index (χ2v) is 7.75. The zero-order valence-corrected chi connectivity index (χ0v) is 17.6. The molecule has 8 nitrogen and oxygen atoms in total. The van der Waals surface area contributed by atoms with E-state index in [1.807, 2.05) is 56.3 Å². The van der Waals surface area contributed by atoms with E-state index in [2.05, 4.69) is 30.5 Å². The van der Waals surface area contributed by atoms with Crippen molar-refractivity contribution in [2.75, 3.05) is 18.4 Å². The number of pyridine rings is 1. The van der Waals surface area contributed by atoms with E-state index in [-0.39, 0.29) is 17.8 Å². The van der Waals surface area contributed by atoms with Gasteiger partial charge in [-0.3, -0.25) is 14.9 Å². The van der Waals surface area contributed by atoms with Gasteiger partial charge in [-0.2, -0.15) is 5.10 Å². The smallest absolute Gasteiger partial charge is 0.292 e. The minimum atomic E-state index is -0.137. The number of hydrogen-bond donors (Lipinski definition) is 2. The molecule has 0 spiro atoms. The molecule has 1 aliphatic heterocycles. The first-order chi connectivity index (χ1) is 14.5. The van der Waals surface area contributed by atoms with E-state index in [4.69, 9.17) is 0 Å². The molecule has 0 saturated carbocycles. The number of likely N-dealkylation sites (tertiary alicyclic amines) is 1. The van der Waals surface area contributed by atoms with E-state index in [1.165, 1.54) is 0 Å². The van der Waals surface area contributed by atoms with Crippen LogP contribution in [0.3, 0.4) is 0 Å². The summed E-state index contributed by atoms with van der Waals surface area (Å²) in [5.74, 6) is 0.809. The standard InChI is InChI=1S/C22H27N7O/c1-14-6-4-7-18(26-14)19-8-5-11-29(19)22(30)21-27-16(3)15(2)20(28-21)23-10-9-17-12-24-25-13-17/h4,6-7,12-13,19H,5,8-11H2,1-3H3,(H,24,25)(H,23,27,28). The normalized spacial score (nSPS) is 16.1. The van der Waals surface area contributed by atoms with Crippen molar-refractivity contribution in [2.45, 2.75) is 46.1 Å². The first kappa shape index (κ1) is 20.0. The Bertz CT molecular complexity index is 1030. The van der Waals surface area contributed by atoms with Gasteiger partial charge in [0.25, 0.3) is 5.91 Å². The number of rotatable bonds is 6. The summed E-state index contributed by atoms with van der Waals surface area (Å²) in [6.07, 6.45) is 6.36. The number of carbonyl (C=O) groups is 1. The second-order valence-electron chi connectivity index (χ2n) is 7.75. The molecule has 1 amide bonds. The predicted octanol–water partition coefficient (Wildman–Crippen LogP) is 3.15. The molecule has 30 heavy (non-hydrogen) atoms. The zero-order valence-electron chi connectivity index (χ0n) is 17.6. The van der Waals surface area contributed by atoms with Gasteiger partial charge < -0.3 is 10.2 Å². The summed E-state index contributed by atoms with van der Waals surface area (Å²) in [5.41, 5.74) is 4.77. The average molecular weight is 406 g/mol.